The van der Waals surface area contributed by atoms with Crippen LogP contribution < -0.4 is 0 Å². The Morgan fingerprint density at radius 1 is 1.14 bits per heavy atom. The normalized spacial score (nSPS) is 10.3. The number of rotatable bonds is 6. The summed E-state index contributed by atoms with van der Waals surface area (Å²) in [5, 5.41) is 10.9. The molecule has 0 aliphatic carbocycles. The van der Waals surface area contributed by atoms with Gasteiger partial charge in [-0.1, -0.05) is 24.3 Å². The molecule has 4 nitrogen and oxygen atoms in total. The summed E-state index contributed by atoms with van der Waals surface area (Å²) < 4.78 is 12.8. The first-order valence-electron chi connectivity index (χ1n) is 6.18. The van der Waals surface area contributed by atoms with Crippen LogP contribution in [-0.2, 0) is 11.2 Å². The van der Waals surface area contributed by atoms with E-state index in [1.165, 1.54) is 18.2 Å². The van der Waals surface area contributed by atoms with Gasteiger partial charge in [0.25, 0.3) is 5.69 Å². The van der Waals surface area contributed by atoms with E-state index in [1.54, 1.807) is 30.3 Å². The van der Waals surface area contributed by atoms with E-state index in [0.717, 1.165) is 17.3 Å². The maximum absolute atomic E-state index is 12.8. The Kier molecular flexibility index (Phi) is 5.05. The van der Waals surface area contributed by atoms with Crippen molar-refractivity contribution >= 4 is 23.2 Å². The first-order chi connectivity index (χ1) is 10.1. The summed E-state index contributed by atoms with van der Waals surface area (Å²) >= 11 is 1.14. The molecule has 0 heterocycles. The molecule has 0 aliphatic heterocycles. The highest BCUT2D eigenvalue weighted by Crippen LogP contribution is 2.28. The van der Waals surface area contributed by atoms with Crippen LogP contribution in [0, 0.1) is 15.9 Å². The molecular weight excluding hydrogens is 293 g/mol. The minimum Gasteiger partial charge on any atom is -0.298 e. The van der Waals surface area contributed by atoms with Gasteiger partial charge < -0.3 is 0 Å². The average molecular weight is 305 g/mol. The molecule has 0 saturated heterocycles. The van der Waals surface area contributed by atoms with Gasteiger partial charge in [0.1, 0.15) is 11.6 Å². The summed E-state index contributed by atoms with van der Waals surface area (Å²) in [5.74, 6) is -0.271. The van der Waals surface area contributed by atoms with E-state index >= 15 is 0 Å². The fourth-order valence-electron chi connectivity index (χ4n) is 1.77. The molecule has 2 rings (SSSR count). The fraction of sp³-hybridized carbons (Fsp3) is 0.133. The van der Waals surface area contributed by atoms with Crippen LogP contribution in [0.5, 0.6) is 0 Å². The Balaban J connectivity index is 1.95. The number of hydrogen-bond donors (Lipinski definition) is 0. The van der Waals surface area contributed by atoms with E-state index < -0.39 is 4.92 Å². The van der Waals surface area contributed by atoms with Gasteiger partial charge in [0.15, 0.2) is 0 Å². The number of carbonyl (C=O) groups is 1. The Labute approximate surface area is 125 Å². The lowest BCUT2D eigenvalue weighted by molar-refractivity contribution is -0.387. The Morgan fingerprint density at radius 2 is 1.81 bits per heavy atom. The van der Waals surface area contributed by atoms with Crippen LogP contribution in [0.1, 0.15) is 5.56 Å². The van der Waals surface area contributed by atoms with Crippen molar-refractivity contribution in [2.45, 2.75) is 11.3 Å². The Morgan fingerprint density at radius 3 is 2.48 bits per heavy atom. The quantitative estimate of drug-likeness (QED) is 0.464. The van der Waals surface area contributed by atoms with Crippen molar-refractivity contribution in [3.63, 3.8) is 0 Å². The van der Waals surface area contributed by atoms with Crippen LogP contribution in [0.2, 0.25) is 0 Å². The molecule has 0 N–H and O–H groups in total. The maximum atomic E-state index is 12.8. The first-order valence-corrected chi connectivity index (χ1v) is 7.17. The summed E-state index contributed by atoms with van der Waals surface area (Å²) in [4.78, 5) is 22.7. The summed E-state index contributed by atoms with van der Waals surface area (Å²) in [7, 11) is 0. The number of benzene rings is 2. The summed E-state index contributed by atoms with van der Waals surface area (Å²) in [6.07, 6.45) is 0.188. The number of nitro benzene ring substituents is 1. The van der Waals surface area contributed by atoms with Crippen molar-refractivity contribution < 1.29 is 14.1 Å². The first kappa shape index (κ1) is 15.2. The largest absolute Gasteiger partial charge is 0.298 e. The number of ketones is 1. The molecule has 0 radical (unpaired) electrons. The second kappa shape index (κ2) is 6.99. The molecule has 0 bridgehead atoms. The van der Waals surface area contributed by atoms with Gasteiger partial charge in [-0.25, -0.2) is 4.39 Å². The lowest BCUT2D eigenvalue weighted by Crippen LogP contribution is -2.06. The molecule has 0 aromatic heterocycles. The lowest BCUT2D eigenvalue weighted by Gasteiger charge is -2.03. The molecule has 2 aromatic rings. The molecule has 21 heavy (non-hydrogen) atoms. The van der Waals surface area contributed by atoms with Crippen LogP contribution in [-0.4, -0.2) is 16.5 Å². The van der Waals surface area contributed by atoms with Crippen LogP contribution in [0.3, 0.4) is 0 Å². The van der Waals surface area contributed by atoms with Crippen LogP contribution >= 0.6 is 11.8 Å². The topological polar surface area (TPSA) is 60.2 Å². The number of para-hydroxylation sites is 1. The van der Waals surface area contributed by atoms with Crippen molar-refractivity contribution in [1.82, 2.24) is 0 Å². The third-order valence-corrected chi connectivity index (χ3v) is 3.89. The zero-order valence-corrected chi connectivity index (χ0v) is 11.8. The third kappa shape index (κ3) is 4.39. The Bertz CT molecular complexity index is 658. The van der Waals surface area contributed by atoms with Crippen molar-refractivity contribution in [3.8, 4) is 0 Å². The minimum atomic E-state index is -0.465. The van der Waals surface area contributed by atoms with Gasteiger partial charge in [0.2, 0.25) is 0 Å². The molecule has 0 spiro atoms. The van der Waals surface area contributed by atoms with Gasteiger partial charge in [-0.3, -0.25) is 14.9 Å². The number of nitro groups is 1. The number of halogens is 1. The van der Waals surface area contributed by atoms with E-state index in [4.69, 9.17) is 0 Å². The van der Waals surface area contributed by atoms with E-state index in [1.807, 2.05) is 0 Å². The lowest BCUT2D eigenvalue weighted by atomic mass is 10.1. The molecule has 0 fully saturated rings. The number of nitrogens with zero attached hydrogens (tertiary/aromatic N) is 1. The zero-order valence-electron chi connectivity index (χ0n) is 11.0. The fourth-order valence-corrected chi connectivity index (χ4v) is 2.65. The average Bonchev–Trinajstić information content (AvgIpc) is 2.48. The highest BCUT2D eigenvalue weighted by molar-refractivity contribution is 8.00. The molecule has 0 atom stereocenters. The summed E-state index contributed by atoms with van der Waals surface area (Å²) in [6.45, 7) is 0. The second-order valence-electron chi connectivity index (χ2n) is 4.36. The van der Waals surface area contributed by atoms with Crippen LogP contribution in [0.15, 0.2) is 53.4 Å². The van der Waals surface area contributed by atoms with E-state index in [9.17, 15) is 19.3 Å². The highest BCUT2D eigenvalue weighted by atomic mass is 32.2. The second-order valence-corrected chi connectivity index (χ2v) is 5.37. The van der Waals surface area contributed by atoms with Crippen molar-refractivity contribution in [1.29, 1.82) is 0 Å². The molecule has 2 aromatic carbocycles. The van der Waals surface area contributed by atoms with Crippen molar-refractivity contribution in [2.75, 3.05) is 5.75 Å². The maximum Gasteiger partial charge on any atom is 0.282 e. The van der Waals surface area contributed by atoms with Crippen LogP contribution in [0.4, 0.5) is 10.1 Å². The van der Waals surface area contributed by atoms with E-state index in [0.29, 0.717) is 4.90 Å². The van der Waals surface area contributed by atoms with Gasteiger partial charge in [-0.15, -0.1) is 11.8 Å². The van der Waals surface area contributed by atoms with Crippen LogP contribution in [0.25, 0.3) is 0 Å². The van der Waals surface area contributed by atoms with Gasteiger partial charge in [0, 0.05) is 12.5 Å². The highest BCUT2D eigenvalue weighted by Gasteiger charge is 2.14. The smallest absolute Gasteiger partial charge is 0.282 e. The van der Waals surface area contributed by atoms with Crippen molar-refractivity contribution in [2.24, 2.45) is 0 Å². The molecule has 0 saturated carbocycles. The predicted octanol–water partition coefficient (Wildman–Crippen LogP) is 3.64. The number of Topliss-reactive ketones (excluding diaryl/α,β-unsaturated/α-hetero) is 1. The van der Waals surface area contributed by atoms with E-state index in [-0.39, 0.29) is 29.5 Å². The molecular formula is C15H12FNO3S. The monoisotopic (exact) mass is 305 g/mol. The van der Waals surface area contributed by atoms with Gasteiger partial charge >= 0.3 is 0 Å². The molecule has 0 aliphatic rings. The molecule has 0 amide bonds. The van der Waals surface area contributed by atoms with Gasteiger partial charge in [-0.05, 0) is 23.8 Å². The number of hydrogen-bond acceptors (Lipinski definition) is 4. The summed E-state index contributed by atoms with van der Waals surface area (Å²) in [6, 6.07) is 12.0. The molecule has 6 heteroatoms. The number of thioether (sulfide) groups is 1. The zero-order chi connectivity index (χ0) is 15.2. The Hall–Kier alpha value is -2.21. The number of carbonyl (C=O) groups excluding carboxylic acids is 1. The third-order valence-electron chi connectivity index (χ3n) is 2.77. The van der Waals surface area contributed by atoms with E-state index in [2.05, 4.69) is 0 Å². The van der Waals surface area contributed by atoms with Gasteiger partial charge in [0.05, 0.1) is 15.6 Å². The predicted molar refractivity (Wildman–Crippen MR) is 78.9 cm³/mol. The standard InChI is InChI=1S/C15H12FNO3S/c16-12-7-5-11(6-8-12)9-13(18)10-21-15-4-2-1-3-14(15)17(19)20/h1-8H,9-10H2. The minimum absolute atomic E-state index is 0.00270. The SMILES string of the molecule is O=C(CSc1ccccc1[N+](=O)[O-])Cc1ccc(F)cc1. The van der Waals surface area contributed by atoms with Gasteiger partial charge in [-0.2, -0.15) is 0 Å². The molecule has 108 valence electrons. The van der Waals surface area contributed by atoms with Crippen molar-refractivity contribution in [3.05, 3.63) is 70.0 Å². The summed E-state index contributed by atoms with van der Waals surface area (Å²) in [5.41, 5.74) is 0.724. The molecule has 0 unspecified atom stereocenters.